The molecular weight excluding hydrogens is 390 g/mol. The first kappa shape index (κ1) is 20.7. The summed E-state index contributed by atoms with van der Waals surface area (Å²) < 4.78 is 13.2. The average molecular weight is 418 g/mol. The summed E-state index contributed by atoms with van der Waals surface area (Å²) >= 11 is 0. The van der Waals surface area contributed by atoms with Gasteiger partial charge in [-0.05, 0) is 63.6 Å². The number of para-hydroxylation sites is 1. The van der Waals surface area contributed by atoms with Gasteiger partial charge in [-0.15, -0.1) is 0 Å². The lowest BCUT2D eigenvalue weighted by atomic mass is 9.93. The van der Waals surface area contributed by atoms with Crippen LogP contribution in [0.1, 0.15) is 36.4 Å². The van der Waals surface area contributed by atoms with Gasteiger partial charge >= 0.3 is 0 Å². The third-order valence-corrected chi connectivity index (χ3v) is 5.45. The molecule has 4 rings (SSSR count). The van der Waals surface area contributed by atoms with E-state index in [9.17, 15) is 4.79 Å². The van der Waals surface area contributed by atoms with Gasteiger partial charge in [0.15, 0.2) is 11.5 Å². The molecule has 0 atom stereocenters. The molecule has 3 aromatic rings. The summed E-state index contributed by atoms with van der Waals surface area (Å²) in [5, 5.41) is 7.71. The minimum atomic E-state index is -0.574. The van der Waals surface area contributed by atoms with E-state index in [0.29, 0.717) is 19.0 Å². The number of nitrogens with one attached hydrogen (secondary N) is 1. The molecule has 0 aliphatic carbocycles. The van der Waals surface area contributed by atoms with Gasteiger partial charge in [0.1, 0.15) is 13.2 Å². The number of carbonyl (C=O) groups excluding carboxylic acids is 1. The van der Waals surface area contributed by atoms with Crippen LogP contribution in [-0.4, -0.2) is 28.9 Å². The second kappa shape index (κ2) is 8.30. The molecule has 0 saturated heterocycles. The number of hydrogen-bond donors (Lipinski definition) is 1. The Morgan fingerprint density at radius 1 is 1.06 bits per heavy atom. The first-order valence-electron chi connectivity index (χ1n) is 10.4. The zero-order chi connectivity index (χ0) is 22.0. The molecule has 2 aromatic carbocycles. The van der Waals surface area contributed by atoms with E-state index in [1.807, 2.05) is 87.0 Å². The molecule has 0 radical (unpaired) electrons. The van der Waals surface area contributed by atoms with Crippen LogP contribution < -0.4 is 14.8 Å². The number of carbonyl (C=O) groups is 1. The van der Waals surface area contributed by atoms with Crippen LogP contribution in [0.2, 0.25) is 0 Å². The molecule has 1 amide bonds. The number of ether oxygens (including phenoxy) is 2. The van der Waals surface area contributed by atoms with Crippen LogP contribution in [0.4, 0.5) is 0 Å². The number of rotatable bonds is 5. The number of amides is 1. The maximum Gasteiger partial charge on any atom is 0.244 e. The second-order valence-electron chi connectivity index (χ2n) is 8.14. The van der Waals surface area contributed by atoms with E-state index < -0.39 is 5.54 Å². The highest BCUT2D eigenvalue weighted by Gasteiger charge is 2.24. The van der Waals surface area contributed by atoms with E-state index in [4.69, 9.17) is 9.47 Å². The Kier molecular flexibility index (Phi) is 5.55. The van der Waals surface area contributed by atoms with Crippen molar-refractivity contribution < 1.29 is 14.3 Å². The molecule has 1 aliphatic rings. The van der Waals surface area contributed by atoms with Crippen molar-refractivity contribution in [1.82, 2.24) is 15.1 Å². The summed E-state index contributed by atoms with van der Waals surface area (Å²) in [6.45, 7) is 8.97. The van der Waals surface area contributed by atoms with Gasteiger partial charge in [-0.3, -0.25) is 4.79 Å². The van der Waals surface area contributed by atoms with Crippen molar-refractivity contribution in [1.29, 1.82) is 0 Å². The SMILES string of the molecule is Cc1nn(-c2ccccc2)c(C)c1/C=C/C(=O)NC(C)(C)c1ccc2c(c1)OCCO2. The van der Waals surface area contributed by atoms with Crippen molar-refractivity contribution in [2.45, 2.75) is 33.2 Å². The molecule has 1 aliphatic heterocycles. The van der Waals surface area contributed by atoms with E-state index >= 15 is 0 Å². The van der Waals surface area contributed by atoms with E-state index in [0.717, 1.165) is 34.0 Å². The predicted molar refractivity (Wildman–Crippen MR) is 121 cm³/mol. The molecule has 2 heterocycles. The van der Waals surface area contributed by atoms with E-state index in [1.165, 1.54) is 0 Å². The second-order valence-corrected chi connectivity index (χ2v) is 8.14. The van der Waals surface area contributed by atoms with Crippen molar-refractivity contribution in [2.75, 3.05) is 13.2 Å². The fourth-order valence-electron chi connectivity index (χ4n) is 3.73. The van der Waals surface area contributed by atoms with Gasteiger partial charge in [-0.1, -0.05) is 24.3 Å². The van der Waals surface area contributed by atoms with Crippen molar-refractivity contribution in [2.24, 2.45) is 0 Å². The molecule has 0 fully saturated rings. The Morgan fingerprint density at radius 2 is 1.77 bits per heavy atom. The van der Waals surface area contributed by atoms with Crippen LogP contribution in [0.15, 0.2) is 54.6 Å². The Bertz CT molecular complexity index is 1130. The third kappa shape index (κ3) is 4.33. The van der Waals surface area contributed by atoms with Gasteiger partial charge in [0, 0.05) is 17.3 Å². The number of fused-ring (bicyclic) bond motifs is 1. The Morgan fingerprint density at radius 3 is 2.52 bits per heavy atom. The number of aryl methyl sites for hydroxylation is 1. The topological polar surface area (TPSA) is 65.4 Å². The molecule has 0 unspecified atom stereocenters. The van der Waals surface area contributed by atoms with Crippen LogP contribution in [-0.2, 0) is 10.3 Å². The molecule has 0 spiro atoms. The third-order valence-electron chi connectivity index (χ3n) is 5.45. The normalized spacial score (nSPS) is 13.4. The van der Waals surface area contributed by atoms with Gasteiger partial charge in [-0.25, -0.2) is 4.68 Å². The molecule has 1 aromatic heterocycles. The van der Waals surface area contributed by atoms with Gasteiger partial charge in [0.05, 0.1) is 16.9 Å². The lowest BCUT2D eigenvalue weighted by Crippen LogP contribution is -2.40. The minimum Gasteiger partial charge on any atom is -0.486 e. The Balaban J connectivity index is 1.50. The lowest BCUT2D eigenvalue weighted by molar-refractivity contribution is -0.118. The van der Waals surface area contributed by atoms with Crippen molar-refractivity contribution in [3.05, 3.63) is 77.1 Å². The van der Waals surface area contributed by atoms with Crippen molar-refractivity contribution in [3.63, 3.8) is 0 Å². The molecule has 160 valence electrons. The number of aromatic nitrogens is 2. The standard InChI is InChI=1S/C25H27N3O3/c1-17-21(18(2)28(27-17)20-8-6-5-7-9-20)11-13-24(29)26-25(3,4)19-10-12-22-23(16-19)31-15-14-30-22/h5-13,16H,14-15H2,1-4H3,(H,26,29)/b13-11+. The van der Waals surface area contributed by atoms with Crippen LogP contribution in [0.5, 0.6) is 11.5 Å². The molecule has 6 nitrogen and oxygen atoms in total. The summed E-state index contributed by atoms with van der Waals surface area (Å²) in [6, 6.07) is 15.7. The molecule has 6 heteroatoms. The van der Waals surface area contributed by atoms with Crippen LogP contribution in [0.3, 0.4) is 0 Å². The van der Waals surface area contributed by atoms with Gasteiger partial charge < -0.3 is 14.8 Å². The summed E-state index contributed by atoms with van der Waals surface area (Å²) in [6.07, 6.45) is 3.39. The Labute approximate surface area is 182 Å². The monoisotopic (exact) mass is 417 g/mol. The number of nitrogens with zero attached hydrogens (tertiary/aromatic N) is 2. The quantitative estimate of drug-likeness (QED) is 0.628. The maximum absolute atomic E-state index is 12.7. The number of hydrogen-bond acceptors (Lipinski definition) is 4. The van der Waals surface area contributed by atoms with Crippen molar-refractivity contribution >= 4 is 12.0 Å². The molecule has 31 heavy (non-hydrogen) atoms. The lowest BCUT2D eigenvalue weighted by Gasteiger charge is -2.28. The minimum absolute atomic E-state index is 0.175. The smallest absolute Gasteiger partial charge is 0.244 e. The highest BCUT2D eigenvalue weighted by Crippen LogP contribution is 2.34. The summed E-state index contributed by atoms with van der Waals surface area (Å²) in [5.41, 5.74) is 4.16. The van der Waals surface area contributed by atoms with Gasteiger partial charge in [0.25, 0.3) is 0 Å². The first-order chi connectivity index (χ1) is 14.8. The zero-order valence-corrected chi connectivity index (χ0v) is 18.3. The van der Waals surface area contributed by atoms with Gasteiger partial charge in [0.2, 0.25) is 5.91 Å². The fourth-order valence-corrected chi connectivity index (χ4v) is 3.73. The molecule has 0 bridgehead atoms. The van der Waals surface area contributed by atoms with Crippen molar-refractivity contribution in [3.8, 4) is 17.2 Å². The average Bonchev–Trinajstić information content (AvgIpc) is 3.05. The summed E-state index contributed by atoms with van der Waals surface area (Å²) in [4.78, 5) is 12.7. The molecular formula is C25H27N3O3. The molecule has 1 N–H and O–H groups in total. The van der Waals surface area contributed by atoms with Crippen LogP contribution in [0, 0.1) is 13.8 Å². The van der Waals surface area contributed by atoms with Crippen LogP contribution >= 0.6 is 0 Å². The zero-order valence-electron chi connectivity index (χ0n) is 18.3. The maximum atomic E-state index is 12.7. The highest BCUT2D eigenvalue weighted by atomic mass is 16.6. The van der Waals surface area contributed by atoms with E-state index in [2.05, 4.69) is 10.4 Å². The summed E-state index contributed by atoms with van der Waals surface area (Å²) in [7, 11) is 0. The largest absolute Gasteiger partial charge is 0.486 e. The number of benzene rings is 2. The Hall–Kier alpha value is -3.54. The highest BCUT2D eigenvalue weighted by molar-refractivity contribution is 5.92. The fraction of sp³-hybridized carbons (Fsp3) is 0.280. The van der Waals surface area contributed by atoms with E-state index in [-0.39, 0.29) is 5.91 Å². The van der Waals surface area contributed by atoms with Gasteiger partial charge in [-0.2, -0.15) is 5.10 Å². The van der Waals surface area contributed by atoms with Crippen LogP contribution in [0.25, 0.3) is 11.8 Å². The summed E-state index contributed by atoms with van der Waals surface area (Å²) in [5.74, 6) is 1.27. The van der Waals surface area contributed by atoms with E-state index in [1.54, 1.807) is 6.08 Å². The molecule has 0 saturated carbocycles. The first-order valence-corrected chi connectivity index (χ1v) is 10.4. The predicted octanol–water partition coefficient (Wildman–Crippen LogP) is 4.33.